The smallest absolute Gasteiger partial charge is 0.407 e. The highest BCUT2D eigenvalue weighted by Gasteiger charge is 2.33. The number of ether oxygens (including phenoxy) is 2. The van der Waals surface area contributed by atoms with E-state index in [0.29, 0.717) is 0 Å². The van der Waals surface area contributed by atoms with Gasteiger partial charge in [-0.3, -0.25) is 0 Å². The van der Waals surface area contributed by atoms with Crippen molar-refractivity contribution in [3.8, 4) is 0 Å². The number of carbonyl (C=O) groups excluding carboxylic acids is 2. The number of carbonyl (C=O) groups is 2. The molecule has 0 spiro atoms. The van der Waals surface area contributed by atoms with Gasteiger partial charge in [0, 0.05) is 0 Å². The van der Waals surface area contributed by atoms with Gasteiger partial charge in [0.15, 0.2) is 5.78 Å². The van der Waals surface area contributed by atoms with Crippen LogP contribution in [0.4, 0.5) is 4.79 Å². The highest BCUT2D eigenvalue weighted by molar-refractivity contribution is 7.64. The van der Waals surface area contributed by atoms with Crippen molar-refractivity contribution in [2.24, 2.45) is 0 Å². The summed E-state index contributed by atoms with van der Waals surface area (Å²) in [5.41, 5.74) is 0. The number of amides is 1. The van der Waals surface area contributed by atoms with Crippen LogP contribution in [-0.2, 0) is 18.8 Å². The summed E-state index contributed by atoms with van der Waals surface area (Å²) in [5, 5.41) is 2.16. The lowest BCUT2D eigenvalue weighted by molar-refractivity contribution is -0.140. The van der Waals surface area contributed by atoms with Crippen LogP contribution in [0.15, 0.2) is 0 Å². The highest BCUT2D eigenvalue weighted by Crippen LogP contribution is 2.41. The maximum Gasteiger partial charge on any atom is 0.407 e. The summed E-state index contributed by atoms with van der Waals surface area (Å²) >= 11 is 0. The summed E-state index contributed by atoms with van der Waals surface area (Å²) in [6, 6.07) is 0. The summed E-state index contributed by atoms with van der Waals surface area (Å²) in [4.78, 5) is 22.0. The zero-order chi connectivity index (χ0) is 11.4. The number of esters is 1. The molecule has 0 saturated carbocycles. The molecule has 0 aliphatic rings. The Kier molecular flexibility index (Phi) is 4.63. The van der Waals surface area contributed by atoms with E-state index in [4.69, 9.17) is 0 Å². The fraction of sp³-hybridized carbons (Fsp3) is 0.714. The van der Waals surface area contributed by atoms with Crippen LogP contribution in [0.5, 0.6) is 0 Å². The molecule has 6 nitrogen and oxygen atoms in total. The third kappa shape index (κ3) is 3.79. The van der Waals surface area contributed by atoms with Gasteiger partial charge in [-0.2, -0.15) is 0 Å². The monoisotopic (exact) mass is 223 g/mol. The summed E-state index contributed by atoms with van der Waals surface area (Å²) in [6.45, 7) is 2.76. The lowest BCUT2D eigenvalue weighted by atomic mass is 10.6. The van der Waals surface area contributed by atoms with Gasteiger partial charge < -0.3 is 19.4 Å². The minimum atomic E-state index is -2.80. The third-order valence-electron chi connectivity index (χ3n) is 1.49. The standard InChI is InChI=1S/C7H14NO5P/c1-12-6(9)5(14(3,4)11)8-7(10)13-2/h5H,1-4H3,(H,8,10). The Bertz CT molecular complexity index is 271. The molecule has 1 unspecified atom stereocenters. The second-order valence-electron chi connectivity index (χ2n) is 3.00. The van der Waals surface area contributed by atoms with Crippen molar-refractivity contribution < 1.29 is 23.6 Å². The first-order chi connectivity index (χ1) is 6.32. The average Bonchev–Trinajstić information content (AvgIpc) is 2.10. The SMILES string of the molecule is COC(=O)NC(C(=O)OC)P(C)(C)=O. The van der Waals surface area contributed by atoms with E-state index in [9.17, 15) is 14.2 Å². The molecule has 7 heteroatoms. The van der Waals surface area contributed by atoms with Gasteiger partial charge in [0.05, 0.1) is 14.2 Å². The van der Waals surface area contributed by atoms with Crippen LogP contribution < -0.4 is 5.32 Å². The number of nitrogens with one attached hydrogen (secondary N) is 1. The first-order valence-electron chi connectivity index (χ1n) is 3.80. The lowest BCUT2D eigenvalue weighted by Crippen LogP contribution is -2.40. The highest BCUT2D eigenvalue weighted by atomic mass is 31.2. The van der Waals surface area contributed by atoms with Crippen LogP contribution >= 0.6 is 7.14 Å². The van der Waals surface area contributed by atoms with Crippen molar-refractivity contribution in [1.82, 2.24) is 5.32 Å². The second-order valence-corrected chi connectivity index (χ2v) is 6.38. The van der Waals surface area contributed by atoms with E-state index in [2.05, 4.69) is 14.8 Å². The second kappa shape index (κ2) is 5.00. The van der Waals surface area contributed by atoms with Crippen molar-refractivity contribution in [2.75, 3.05) is 27.5 Å². The molecule has 1 N–H and O–H groups in total. The number of rotatable bonds is 3. The fourth-order valence-electron chi connectivity index (χ4n) is 0.750. The fourth-order valence-corrected chi connectivity index (χ4v) is 1.78. The Morgan fingerprint density at radius 3 is 2.00 bits per heavy atom. The largest absolute Gasteiger partial charge is 0.467 e. The van der Waals surface area contributed by atoms with Crippen LogP contribution in [-0.4, -0.2) is 45.4 Å². The lowest BCUT2D eigenvalue weighted by Gasteiger charge is -2.19. The van der Waals surface area contributed by atoms with Gasteiger partial charge in [-0.1, -0.05) is 0 Å². The van der Waals surface area contributed by atoms with Crippen LogP contribution in [0, 0.1) is 0 Å². The van der Waals surface area contributed by atoms with E-state index in [1.54, 1.807) is 0 Å². The van der Waals surface area contributed by atoms with Gasteiger partial charge in [-0.25, -0.2) is 9.59 Å². The maximum absolute atomic E-state index is 11.6. The molecule has 0 aromatic rings. The van der Waals surface area contributed by atoms with E-state index in [-0.39, 0.29) is 0 Å². The first kappa shape index (κ1) is 13.0. The molecule has 0 aliphatic carbocycles. The van der Waals surface area contributed by atoms with Gasteiger partial charge >= 0.3 is 12.1 Å². The Morgan fingerprint density at radius 2 is 1.71 bits per heavy atom. The molecule has 0 saturated heterocycles. The average molecular weight is 223 g/mol. The summed E-state index contributed by atoms with van der Waals surface area (Å²) in [5.74, 6) is -1.90. The molecule has 0 radical (unpaired) electrons. The van der Waals surface area contributed by atoms with E-state index < -0.39 is 25.0 Å². The molecular weight excluding hydrogens is 209 g/mol. The first-order valence-corrected chi connectivity index (χ1v) is 6.47. The van der Waals surface area contributed by atoms with Crippen LogP contribution in [0.25, 0.3) is 0 Å². The van der Waals surface area contributed by atoms with Gasteiger partial charge in [-0.15, -0.1) is 0 Å². The predicted molar refractivity (Wildman–Crippen MR) is 50.8 cm³/mol. The summed E-state index contributed by atoms with van der Waals surface area (Å²) in [6.07, 6.45) is -0.815. The van der Waals surface area contributed by atoms with Gasteiger partial charge in [0.2, 0.25) is 0 Å². The van der Waals surface area contributed by atoms with E-state index in [1.807, 2.05) is 0 Å². The molecule has 0 heterocycles. The maximum atomic E-state index is 11.6. The third-order valence-corrected chi connectivity index (χ3v) is 3.07. The van der Waals surface area contributed by atoms with Crippen molar-refractivity contribution in [1.29, 1.82) is 0 Å². The minimum Gasteiger partial charge on any atom is -0.467 e. The molecular formula is C7H14NO5P. The Hall–Kier alpha value is -1.03. The van der Waals surface area contributed by atoms with Crippen molar-refractivity contribution in [3.63, 3.8) is 0 Å². The van der Waals surface area contributed by atoms with Crippen molar-refractivity contribution in [3.05, 3.63) is 0 Å². The predicted octanol–water partition coefficient (Wildman–Crippen LogP) is 0.464. The zero-order valence-electron chi connectivity index (χ0n) is 8.57. The van der Waals surface area contributed by atoms with E-state index in [1.165, 1.54) is 13.3 Å². The molecule has 0 rings (SSSR count). The van der Waals surface area contributed by atoms with E-state index >= 15 is 0 Å². The number of methoxy groups -OCH3 is 2. The normalized spacial score (nSPS) is 12.9. The molecule has 0 aliphatic heterocycles. The summed E-state index contributed by atoms with van der Waals surface area (Å²) in [7, 11) is -0.493. The molecule has 0 fully saturated rings. The Balaban J connectivity index is 4.67. The van der Waals surface area contributed by atoms with Crippen LogP contribution in [0.1, 0.15) is 0 Å². The van der Waals surface area contributed by atoms with Gasteiger partial charge in [-0.05, 0) is 13.3 Å². The Morgan fingerprint density at radius 1 is 1.21 bits per heavy atom. The quantitative estimate of drug-likeness (QED) is 0.555. The van der Waals surface area contributed by atoms with Crippen LogP contribution in [0.2, 0.25) is 0 Å². The molecule has 0 aromatic carbocycles. The molecule has 14 heavy (non-hydrogen) atoms. The summed E-state index contributed by atoms with van der Waals surface area (Å²) < 4.78 is 20.3. The van der Waals surface area contributed by atoms with Crippen LogP contribution in [0.3, 0.4) is 0 Å². The number of alkyl carbamates (subject to hydrolysis) is 1. The number of hydrogen-bond donors (Lipinski definition) is 1. The Labute approximate surface area is 82.3 Å². The molecule has 82 valence electrons. The van der Waals surface area contributed by atoms with Crippen molar-refractivity contribution >= 4 is 19.2 Å². The molecule has 0 aromatic heterocycles. The molecule has 0 bridgehead atoms. The molecule has 1 amide bonds. The number of hydrogen-bond acceptors (Lipinski definition) is 5. The molecule has 1 atom stereocenters. The van der Waals surface area contributed by atoms with Crippen molar-refractivity contribution in [2.45, 2.75) is 5.78 Å². The van der Waals surface area contributed by atoms with Gasteiger partial charge in [0.1, 0.15) is 7.14 Å². The zero-order valence-corrected chi connectivity index (χ0v) is 9.46. The van der Waals surface area contributed by atoms with Gasteiger partial charge in [0.25, 0.3) is 0 Å². The van der Waals surface area contributed by atoms with E-state index in [0.717, 1.165) is 14.2 Å². The topological polar surface area (TPSA) is 81.7 Å². The minimum absolute atomic E-state index is 0.747.